The highest BCUT2D eigenvalue weighted by molar-refractivity contribution is 6.31. The summed E-state index contributed by atoms with van der Waals surface area (Å²) in [7, 11) is 1.92. The molecule has 0 aliphatic heterocycles. The van der Waals surface area contributed by atoms with E-state index in [1.54, 1.807) is 12.1 Å². The van der Waals surface area contributed by atoms with Gasteiger partial charge < -0.3 is 15.8 Å². The number of aromatic nitrogens is 1. The molecule has 0 aliphatic carbocycles. The number of amidine groups is 1. The van der Waals surface area contributed by atoms with Crippen molar-refractivity contribution in [1.82, 2.24) is 4.98 Å². The Hall–Kier alpha value is -2.27. The van der Waals surface area contributed by atoms with Crippen molar-refractivity contribution < 1.29 is 5.21 Å². The maximum atomic E-state index is 8.79. The molecule has 0 fully saturated rings. The van der Waals surface area contributed by atoms with Crippen LogP contribution in [-0.4, -0.2) is 23.1 Å². The Morgan fingerprint density at radius 2 is 2.10 bits per heavy atom. The van der Waals surface area contributed by atoms with Crippen molar-refractivity contribution >= 4 is 23.3 Å². The van der Waals surface area contributed by atoms with E-state index in [1.165, 1.54) is 0 Å². The summed E-state index contributed by atoms with van der Waals surface area (Å²) in [5.41, 5.74) is 8.07. The van der Waals surface area contributed by atoms with Crippen molar-refractivity contribution in [2.24, 2.45) is 10.9 Å². The van der Waals surface area contributed by atoms with E-state index in [0.717, 1.165) is 17.1 Å². The van der Waals surface area contributed by atoms with Crippen LogP contribution in [0, 0.1) is 6.92 Å². The Morgan fingerprint density at radius 1 is 1.38 bits per heavy atom. The fraction of sp³-hybridized carbons (Fsp3) is 0.200. The van der Waals surface area contributed by atoms with E-state index in [0.29, 0.717) is 17.1 Å². The molecular weight excluding hydrogens is 288 g/mol. The molecule has 5 nitrogen and oxygen atoms in total. The maximum Gasteiger partial charge on any atom is 0.170 e. The summed E-state index contributed by atoms with van der Waals surface area (Å²) in [4.78, 5) is 6.43. The number of hydrogen-bond donors (Lipinski definition) is 2. The smallest absolute Gasteiger partial charge is 0.170 e. The number of halogens is 1. The average Bonchev–Trinajstić information content (AvgIpc) is 2.48. The first-order valence-corrected chi connectivity index (χ1v) is 6.80. The Balaban J connectivity index is 2.29. The lowest BCUT2D eigenvalue weighted by Crippen LogP contribution is -2.20. The molecule has 6 heteroatoms. The highest BCUT2D eigenvalue weighted by Gasteiger charge is 2.10. The Kier molecular flexibility index (Phi) is 4.65. The molecule has 3 N–H and O–H groups in total. The number of nitrogens with two attached hydrogens (primary N) is 1. The predicted molar refractivity (Wildman–Crippen MR) is 85.0 cm³/mol. The third kappa shape index (κ3) is 3.64. The van der Waals surface area contributed by atoms with E-state index >= 15 is 0 Å². The van der Waals surface area contributed by atoms with Crippen LogP contribution < -0.4 is 10.6 Å². The minimum absolute atomic E-state index is 0.0629. The number of hydrogen-bond acceptors (Lipinski definition) is 4. The van der Waals surface area contributed by atoms with Gasteiger partial charge >= 0.3 is 0 Å². The fourth-order valence-electron chi connectivity index (χ4n) is 2.02. The molecule has 1 heterocycles. The highest BCUT2D eigenvalue weighted by atomic mass is 35.5. The Bertz CT molecular complexity index is 672. The van der Waals surface area contributed by atoms with Gasteiger partial charge in [0.25, 0.3) is 0 Å². The molecule has 0 amide bonds. The van der Waals surface area contributed by atoms with Crippen LogP contribution in [-0.2, 0) is 6.54 Å². The van der Waals surface area contributed by atoms with E-state index in [4.69, 9.17) is 22.5 Å². The molecule has 2 rings (SSSR count). The molecule has 0 spiro atoms. The summed E-state index contributed by atoms with van der Waals surface area (Å²) < 4.78 is 0. The Labute approximate surface area is 128 Å². The predicted octanol–water partition coefficient (Wildman–Crippen LogP) is 2.77. The number of pyridine rings is 1. The van der Waals surface area contributed by atoms with Crippen LogP contribution in [0.2, 0.25) is 5.02 Å². The molecule has 110 valence electrons. The van der Waals surface area contributed by atoms with Gasteiger partial charge in [0.2, 0.25) is 0 Å². The molecule has 1 aromatic carbocycles. The lowest BCUT2D eigenvalue weighted by molar-refractivity contribution is 0.318. The summed E-state index contributed by atoms with van der Waals surface area (Å²) >= 11 is 6.17. The van der Waals surface area contributed by atoms with Crippen LogP contribution >= 0.6 is 11.6 Å². The number of aryl methyl sites for hydroxylation is 1. The zero-order valence-electron chi connectivity index (χ0n) is 11.9. The monoisotopic (exact) mass is 304 g/mol. The van der Waals surface area contributed by atoms with Crippen LogP contribution in [0.3, 0.4) is 0 Å². The standard InChI is InChI=1S/C15H17ClN4O/c1-10-7-12(15(17)19-21)8-14(18-10)20(2)9-11-5-3-4-6-13(11)16/h3-8,21H,9H2,1-2H3,(H2,17,19). The quantitative estimate of drug-likeness (QED) is 0.394. The molecule has 0 unspecified atom stereocenters. The molecule has 0 atom stereocenters. The first-order chi connectivity index (χ1) is 10.0. The molecule has 0 aliphatic rings. The molecule has 0 saturated heterocycles. The second-order valence-corrected chi connectivity index (χ2v) is 5.20. The summed E-state index contributed by atoms with van der Waals surface area (Å²) in [5, 5.41) is 12.5. The third-order valence-electron chi connectivity index (χ3n) is 3.10. The van der Waals surface area contributed by atoms with Gasteiger partial charge in [0, 0.05) is 29.9 Å². The Morgan fingerprint density at radius 3 is 2.76 bits per heavy atom. The van der Waals surface area contributed by atoms with Gasteiger partial charge in [-0.1, -0.05) is 35.0 Å². The van der Waals surface area contributed by atoms with Crippen molar-refractivity contribution in [3.8, 4) is 0 Å². The maximum absolute atomic E-state index is 8.79. The van der Waals surface area contributed by atoms with Crippen molar-refractivity contribution in [3.63, 3.8) is 0 Å². The number of nitrogens with zero attached hydrogens (tertiary/aromatic N) is 3. The second kappa shape index (κ2) is 6.45. The van der Waals surface area contributed by atoms with Crippen molar-refractivity contribution in [3.05, 3.63) is 58.2 Å². The first-order valence-electron chi connectivity index (χ1n) is 6.42. The van der Waals surface area contributed by atoms with Crippen LogP contribution in [0.1, 0.15) is 16.8 Å². The molecule has 1 aromatic heterocycles. The molecule has 2 aromatic rings. The van der Waals surface area contributed by atoms with E-state index in [2.05, 4.69) is 10.1 Å². The molecule has 0 bridgehead atoms. The van der Waals surface area contributed by atoms with Gasteiger partial charge in [-0.25, -0.2) is 4.98 Å². The minimum atomic E-state index is 0.0629. The second-order valence-electron chi connectivity index (χ2n) is 4.79. The summed E-state index contributed by atoms with van der Waals surface area (Å²) in [5.74, 6) is 0.796. The van der Waals surface area contributed by atoms with Gasteiger partial charge in [-0.15, -0.1) is 0 Å². The zero-order valence-corrected chi connectivity index (χ0v) is 12.7. The molecular formula is C15H17ClN4O. The van der Waals surface area contributed by atoms with Crippen LogP contribution in [0.15, 0.2) is 41.6 Å². The normalized spacial score (nSPS) is 11.5. The highest BCUT2D eigenvalue weighted by Crippen LogP contribution is 2.20. The van der Waals surface area contributed by atoms with Gasteiger partial charge in [-0.3, -0.25) is 0 Å². The molecule has 21 heavy (non-hydrogen) atoms. The van der Waals surface area contributed by atoms with Crippen LogP contribution in [0.4, 0.5) is 5.82 Å². The minimum Gasteiger partial charge on any atom is -0.409 e. The van der Waals surface area contributed by atoms with E-state index in [9.17, 15) is 0 Å². The van der Waals surface area contributed by atoms with Crippen LogP contribution in [0.25, 0.3) is 0 Å². The SMILES string of the molecule is Cc1cc(/C(N)=N/O)cc(N(C)Cc2ccccc2Cl)n1. The summed E-state index contributed by atoms with van der Waals surface area (Å²) in [6.45, 7) is 2.48. The zero-order chi connectivity index (χ0) is 15.4. The average molecular weight is 305 g/mol. The van der Waals surface area contributed by atoms with Crippen molar-refractivity contribution in [1.29, 1.82) is 0 Å². The van der Waals surface area contributed by atoms with Gasteiger partial charge in [0.05, 0.1) is 0 Å². The number of oxime groups is 1. The third-order valence-corrected chi connectivity index (χ3v) is 3.47. The molecule has 0 radical (unpaired) electrons. The van der Waals surface area contributed by atoms with Crippen molar-refractivity contribution in [2.75, 3.05) is 11.9 Å². The van der Waals surface area contributed by atoms with Gasteiger partial charge in [0.15, 0.2) is 5.84 Å². The number of anilines is 1. The van der Waals surface area contributed by atoms with E-state index in [1.807, 2.05) is 43.1 Å². The molecule has 0 saturated carbocycles. The van der Waals surface area contributed by atoms with Gasteiger partial charge in [0.1, 0.15) is 5.82 Å². The first kappa shape index (κ1) is 15.1. The fourth-order valence-corrected chi connectivity index (χ4v) is 2.21. The van der Waals surface area contributed by atoms with Crippen LogP contribution in [0.5, 0.6) is 0 Å². The van der Waals surface area contributed by atoms with E-state index < -0.39 is 0 Å². The lowest BCUT2D eigenvalue weighted by atomic mass is 10.2. The largest absolute Gasteiger partial charge is 0.409 e. The van der Waals surface area contributed by atoms with Gasteiger partial charge in [-0.05, 0) is 30.7 Å². The number of rotatable bonds is 4. The summed E-state index contributed by atoms with van der Waals surface area (Å²) in [6.07, 6.45) is 0. The van der Waals surface area contributed by atoms with Gasteiger partial charge in [-0.2, -0.15) is 0 Å². The van der Waals surface area contributed by atoms with E-state index in [-0.39, 0.29) is 5.84 Å². The number of benzene rings is 1. The van der Waals surface area contributed by atoms with Crippen molar-refractivity contribution in [2.45, 2.75) is 13.5 Å². The summed E-state index contributed by atoms with van der Waals surface area (Å²) in [6, 6.07) is 11.2. The topological polar surface area (TPSA) is 74.7 Å². The lowest BCUT2D eigenvalue weighted by Gasteiger charge is -2.20.